The molecule has 3 heterocycles. The summed E-state index contributed by atoms with van der Waals surface area (Å²) in [6.45, 7) is 12.3. The molecule has 0 unspecified atom stereocenters. The van der Waals surface area contributed by atoms with E-state index in [-0.39, 0.29) is 5.91 Å². The highest BCUT2D eigenvalue weighted by molar-refractivity contribution is 6.00. The SMILES string of the molecule is CCN(CC)CCCNC(=O)c1nc(-c2ccn(C(C)C)c2)n2ccccc12. The fraction of sp³-hybridized carbons (Fsp3) is 0.455. The van der Waals surface area contributed by atoms with Crippen molar-refractivity contribution in [3.8, 4) is 11.4 Å². The van der Waals surface area contributed by atoms with Crippen LogP contribution in [0.4, 0.5) is 0 Å². The Kier molecular flexibility index (Phi) is 6.52. The smallest absolute Gasteiger partial charge is 0.272 e. The molecule has 0 spiro atoms. The number of carbonyl (C=O) groups excluding carboxylic acids is 1. The second kappa shape index (κ2) is 9.06. The molecule has 0 atom stereocenters. The van der Waals surface area contributed by atoms with E-state index in [1.54, 1.807) is 0 Å². The summed E-state index contributed by atoms with van der Waals surface area (Å²) in [5.41, 5.74) is 2.32. The van der Waals surface area contributed by atoms with Crippen molar-refractivity contribution in [3.63, 3.8) is 0 Å². The molecule has 0 saturated heterocycles. The maximum atomic E-state index is 12.8. The van der Waals surface area contributed by atoms with Crippen molar-refractivity contribution < 1.29 is 4.79 Å². The fourth-order valence-electron chi connectivity index (χ4n) is 3.40. The van der Waals surface area contributed by atoms with Crippen LogP contribution in [0.1, 0.15) is 50.6 Å². The molecule has 0 aliphatic rings. The van der Waals surface area contributed by atoms with Gasteiger partial charge in [-0.1, -0.05) is 19.9 Å². The average Bonchev–Trinajstić information content (AvgIpc) is 3.33. The topological polar surface area (TPSA) is 54.6 Å². The number of hydrogen-bond acceptors (Lipinski definition) is 3. The molecule has 6 heteroatoms. The number of rotatable bonds is 9. The van der Waals surface area contributed by atoms with Gasteiger partial charge in [0.15, 0.2) is 5.69 Å². The Morgan fingerprint density at radius 3 is 2.64 bits per heavy atom. The van der Waals surface area contributed by atoms with Crippen LogP contribution in [-0.4, -0.2) is 50.9 Å². The van der Waals surface area contributed by atoms with Crippen molar-refractivity contribution in [2.45, 2.75) is 40.2 Å². The number of amides is 1. The normalized spacial score (nSPS) is 11.6. The van der Waals surface area contributed by atoms with E-state index in [4.69, 9.17) is 4.98 Å². The lowest BCUT2D eigenvalue weighted by Gasteiger charge is -2.17. The zero-order chi connectivity index (χ0) is 20.1. The van der Waals surface area contributed by atoms with Crippen molar-refractivity contribution in [1.29, 1.82) is 0 Å². The first-order valence-corrected chi connectivity index (χ1v) is 10.2. The second-order valence-corrected chi connectivity index (χ2v) is 7.32. The molecule has 0 bridgehead atoms. The fourth-order valence-corrected chi connectivity index (χ4v) is 3.40. The van der Waals surface area contributed by atoms with Crippen molar-refractivity contribution in [1.82, 2.24) is 24.2 Å². The summed E-state index contributed by atoms with van der Waals surface area (Å²) in [6, 6.07) is 8.28. The summed E-state index contributed by atoms with van der Waals surface area (Å²) in [5, 5.41) is 3.04. The number of nitrogens with zero attached hydrogens (tertiary/aromatic N) is 4. The van der Waals surface area contributed by atoms with Crippen molar-refractivity contribution in [2.24, 2.45) is 0 Å². The summed E-state index contributed by atoms with van der Waals surface area (Å²) >= 11 is 0. The van der Waals surface area contributed by atoms with Crippen LogP contribution in [0.15, 0.2) is 42.9 Å². The number of carbonyl (C=O) groups is 1. The van der Waals surface area contributed by atoms with Gasteiger partial charge in [-0.15, -0.1) is 0 Å². The van der Waals surface area contributed by atoms with E-state index in [9.17, 15) is 4.79 Å². The maximum Gasteiger partial charge on any atom is 0.272 e. The molecule has 28 heavy (non-hydrogen) atoms. The van der Waals surface area contributed by atoms with Gasteiger partial charge in [0.1, 0.15) is 5.82 Å². The zero-order valence-electron chi connectivity index (χ0n) is 17.4. The van der Waals surface area contributed by atoms with Gasteiger partial charge < -0.3 is 14.8 Å². The van der Waals surface area contributed by atoms with Gasteiger partial charge in [0.05, 0.1) is 5.52 Å². The Morgan fingerprint density at radius 1 is 1.18 bits per heavy atom. The van der Waals surface area contributed by atoms with Crippen LogP contribution in [0.3, 0.4) is 0 Å². The van der Waals surface area contributed by atoms with E-state index in [0.29, 0.717) is 18.3 Å². The molecule has 3 aromatic heterocycles. The Morgan fingerprint density at radius 2 is 1.96 bits per heavy atom. The maximum absolute atomic E-state index is 12.8. The van der Waals surface area contributed by atoms with Gasteiger partial charge in [-0.2, -0.15) is 0 Å². The second-order valence-electron chi connectivity index (χ2n) is 7.32. The van der Waals surface area contributed by atoms with Gasteiger partial charge in [0, 0.05) is 36.7 Å². The third-order valence-electron chi connectivity index (χ3n) is 5.16. The minimum Gasteiger partial charge on any atom is -0.351 e. The van der Waals surface area contributed by atoms with Crippen molar-refractivity contribution in [3.05, 3.63) is 48.5 Å². The van der Waals surface area contributed by atoms with E-state index in [1.165, 1.54) is 0 Å². The lowest BCUT2D eigenvalue weighted by atomic mass is 10.3. The Hall–Kier alpha value is -2.60. The number of imidazole rings is 1. The number of aromatic nitrogens is 3. The van der Waals surface area contributed by atoms with E-state index in [1.807, 2.05) is 34.9 Å². The van der Waals surface area contributed by atoms with Crippen LogP contribution < -0.4 is 5.32 Å². The van der Waals surface area contributed by atoms with Gasteiger partial charge in [0.25, 0.3) is 5.91 Å². The zero-order valence-corrected chi connectivity index (χ0v) is 17.4. The van der Waals surface area contributed by atoms with Crippen molar-refractivity contribution in [2.75, 3.05) is 26.2 Å². The number of fused-ring (bicyclic) bond motifs is 1. The van der Waals surface area contributed by atoms with Gasteiger partial charge in [-0.3, -0.25) is 9.20 Å². The minimum atomic E-state index is -0.113. The van der Waals surface area contributed by atoms with E-state index in [0.717, 1.165) is 43.0 Å². The molecule has 1 amide bonds. The summed E-state index contributed by atoms with van der Waals surface area (Å²) in [5.74, 6) is 0.682. The third-order valence-corrected chi connectivity index (χ3v) is 5.16. The summed E-state index contributed by atoms with van der Waals surface area (Å²) in [6.07, 6.45) is 7.03. The van der Waals surface area contributed by atoms with Gasteiger partial charge in [-0.25, -0.2) is 4.98 Å². The first-order valence-electron chi connectivity index (χ1n) is 10.2. The highest BCUT2D eigenvalue weighted by Gasteiger charge is 2.18. The molecule has 0 radical (unpaired) electrons. The summed E-state index contributed by atoms with van der Waals surface area (Å²) < 4.78 is 4.14. The lowest BCUT2D eigenvalue weighted by molar-refractivity contribution is 0.0949. The molecular formula is C22H31N5O. The quantitative estimate of drug-likeness (QED) is 0.573. The minimum absolute atomic E-state index is 0.113. The number of nitrogens with one attached hydrogen (secondary N) is 1. The standard InChI is InChI=1S/C22H31N5O/c1-5-25(6-2)13-9-12-23-22(28)20-19-10-7-8-14-27(19)21(24-20)18-11-15-26(16-18)17(3)4/h7-8,10-11,14-17H,5-6,9,12-13H2,1-4H3,(H,23,28). The van der Waals surface area contributed by atoms with E-state index in [2.05, 4.69) is 54.9 Å². The molecule has 0 saturated carbocycles. The monoisotopic (exact) mass is 381 g/mol. The van der Waals surface area contributed by atoms with Crippen LogP contribution in [-0.2, 0) is 0 Å². The average molecular weight is 382 g/mol. The largest absolute Gasteiger partial charge is 0.351 e. The summed E-state index contributed by atoms with van der Waals surface area (Å²) in [7, 11) is 0. The number of pyridine rings is 1. The van der Waals surface area contributed by atoms with Crippen LogP contribution in [0.25, 0.3) is 16.9 Å². The highest BCUT2D eigenvalue weighted by atomic mass is 16.1. The van der Waals surface area contributed by atoms with Crippen LogP contribution in [0.5, 0.6) is 0 Å². The predicted octanol–water partition coefficient (Wildman–Crippen LogP) is 3.85. The first-order chi connectivity index (χ1) is 13.5. The van der Waals surface area contributed by atoms with Crippen LogP contribution in [0.2, 0.25) is 0 Å². The molecule has 6 nitrogen and oxygen atoms in total. The molecule has 150 valence electrons. The predicted molar refractivity (Wildman–Crippen MR) is 114 cm³/mol. The third kappa shape index (κ3) is 4.28. The Bertz CT molecular complexity index is 920. The molecule has 1 N–H and O–H groups in total. The van der Waals surface area contributed by atoms with E-state index < -0.39 is 0 Å². The van der Waals surface area contributed by atoms with Crippen LogP contribution in [0, 0.1) is 0 Å². The molecule has 3 rings (SSSR count). The van der Waals surface area contributed by atoms with E-state index >= 15 is 0 Å². The first kappa shape index (κ1) is 20.1. The van der Waals surface area contributed by atoms with Gasteiger partial charge in [-0.05, 0) is 58.1 Å². The summed E-state index contributed by atoms with van der Waals surface area (Å²) in [4.78, 5) is 19.9. The van der Waals surface area contributed by atoms with Gasteiger partial charge >= 0.3 is 0 Å². The molecule has 0 aliphatic carbocycles. The molecule has 0 fully saturated rings. The molecule has 0 aliphatic heterocycles. The lowest BCUT2D eigenvalue weighted by Crippen LogP contribution is -2.30. The number of hydrogen-bond donors (Lipinski definition) is 1. The van der Waals surface area contributed by atoms with Crippen molar-refractivity contribution >= 4 is 11.4 Å². The molecule has 3 aromatic rings. The highest BCUT2D eigenvalue weighted by Crippen LogP contribution is 2.24. The molecule has 0 aromatic carbocycles. The van der Waals surface area contributed by atoms with Crippen LogP contribution >= 0.6 is 0 Å². The Labute approximate surface area is 167 Å². The Balaban J connectivity index is 1.79. The molecular weight excluding hydrogens is 350 g/mol. The van der Waals surface area contributed by atoms with Gasteiger partial charge in [0.2, 0.25) is 0 Å².